The molecule has 1 amide bonds. The predicted octanol–water partition coefficient (Wildman–Crippen LogP) is 3.20. The van der Waals surface area contributed by atoms with E-state index >= 15 is 0 Å². The van der Waals surface area contributed by atoms with Crippen molar-refractivity contribution in [3.05, 3.63) is 71.8 Å². The van der Waals surface area contributed by atoms with Crippen molar-refractivity contribution in [1.82, 2.24) is 4.90 Å². The van der Waals surface area contributed by atoms with Crippen molar-refractivity contribution in [3.8, 4) is 0 Å². The summed E-state index contributed by atoms with van der Waals surface area (Å²) >= 11 is 0. The smallest absolute Gasteiger partial charge is 0.325 e. The molecule has 0 unspecified atom stereocenters. The maximum Gasteiger partial charge on any atom is 0.325 e. The standard InChI is InChI=1S/C21H25NO4/c1-16(2)22(14-20(24)25-3)19(23)15-26-21(17-10-6-4-7-11-17)18-12-8-5-9-13-18/h4-13,16,21H,14-15H2,1-3H3. The van der Waals surface area contributed by atoms with Gasteiger partial charge in [-0.15, -0.1) is 0 Å². The minimum Gasteiger partial charge on any atom is -0.468 e. The minimum atomic E-state index is -0.449. The van der Waals surface area contributed by atoms with Crippen molar-refractivity contribution in [2.45, 2.75) is 26.0 Å². The molecule has 26 heavy (non-hydrogen) atoms. The van der Waals surface area contributed by atoms with Crippen LogP contribution in [0.15, 0.2) is 60.7 Å². The van der Waals surface area contributed by atoms with Gasteiger partial charge in [0.2, 0.25) is 5.91 Å². The molecule has 0 aliphatic heterocycles. The molecule has 0 atom stereocenters. The van der Waals surface area contributed by atoms with Gasteiger partial charge in [0.15, 0.2) is 0 Å². The lowest BCUT2D eigenvalue weighted by Gasteiger charge is -2.27. The second kappa shape index (κ2) is 9.73. The van der Waals surface area contributed by atoms with Gasteiger partial charge in [-0.05, 0) is 25.0 Å². The van der Waals surface area contributed by atoms with Gasteiger partial charge in [0.05, 0.1) is 7.11 Å². The van der Waals surface area contributed by atoms with Crippen molar-refractivity contribution >= 4 is 11.9 Å². The first-order valence-electron chi connectivity index (χ1n) is 8.60. The largest absolute Gasteiger partial charge is 0.468 e. The van der Waals surface area contributed by atoms with Gasteiger partial charge < -0.3 is 14.4 Å². The Hall–Kier alpha value is -2.66. The van der Waals surface area contributed by atoms with Crippen LogP contribution in [0.2, 0.25) is 0 Å². The van der Waals surface area contributed by atoms with Gasteiger partial charge >= 0.3 is 5.97 Å². The van der Waals surface area contributed by atoms with Crippen molar-refractivity contribution < 1.29 is 19.1 Å². The molecule has 0 saturated carbocycles. The molecular formula is C21H25NO4. The molecule has 2 aromatic carbocycles. The van der Waals surface area contributed by atoms with Crippen LogP contribution in [0.25, 0.3) is 0 Å². The van der Waals surface area contributed by atoms with Gasteiger partial charge in [-0.25, -0.2) is 0 Å². The van der Waals surface area contributed by atoms with E-state index in [9.17, 15) is 9.59 Å². The Morgan fingerprint density at radius 3 is 1.85 bits per heavy atom. The van der Waals surface area contributed by atoms with Gasteiger partial charge in [0.25, 0.3) is 0 Å². The van der Waals surface area contributed by atoms with Crippen LogP contribution < -0.4 is 0 Å². The number of hydrogen-bond acceptors (Lipinski definition) is 4. The molecule has 0 spiro atoms. The van der Waals surface area contributed by atoms with Crippen molar-refractivity contribution in [2.75, 3.05) is 20.3 Å². The number of rotatable bonds is 8. The molecule has 0 aliphatic carbocycles. The average molecular weight is 355 g/mol. The third kappa shape index (κ3) is 5.43. The summed E-state index contributed by atoms with van der Waals surface area (Å²) in [5, 5.41) is 0. The van der Waals surface area contributed by atoms with E-state index in [1.165, 1.54) is 12.0 Å². The van der Waals surface area contributed by atoms with E-state index < -0.39 is 5.97 Å². The van der Waals surface area contributed by atoms with Gasteiger partial charge in [-0.1, -0.05) is 60.7 Å². The fourth-order valence-corrected chi connectivity index (χ4v) is 2.64. The Balaban J connectivity index is 2.13. The van der Waals surface area contributed by atoms with Gasteiger partial charge in [0.1, 0.15) is 19.3 Å². The Morgan fingerprint density at radius 1 is 0.923 bits per heavy atom. The van der Waals surface area contributed by atoms with Crippen molar-refractivity contribution in [2.24, 2.45) is 0 Å². The van der Waals surface area contributed by atoms with Crippen LogP contribution in [-0.2, 0) is 19.1 Å². The number of hydrogen-bond donors (Lipinski definition) is 0. The van der Waals surface area contributed by atoms with Crippen LogP contribution >= 0.6 is 0 Å². The molecule has 0 aromatic heterocycles. The summed E-state index contributed by atoms with van der Waals surface area (Å²) in [6, 6.07) is 19.4. The Morgan fingerprint density at radius 2 is 1.42 bits per heavy atom. The summed E-state index contributed by atoms with van der Waals surface area (Å²) in [5.74, 6) is -0.697. The van der Waals surface area contributed by atoms with Gasteiger partial charge in [-0.2, -0.15) is 0 Å². The summed E-state index contributed by atoms with van der Waals surface area (Å²) in [7, 11) is 1.31. The Labute approximate surface area is 154 Å². The first kappa shape index (κ1) is 19.7. The van der Waals surface area contributed by atoms with E-state index in [2.05, 4.69) is 4.74 Å². The van der Waals surface area contributed by atoms with Crippen LogP contribution in [0.3, 0.4) is 0 Å². The van der Waals surface area contributed by atoms with Crippen molar-refractivity contribution in [3.63, 3.8) is 0 Å². The molecule has 0 radical (unpaired) electrons. The van der Waals surface area contributed by atoms with E-state index in [-0.39, 0.29) is 31.2 Å². The molecule has 2 rings (SSSR count). The van der Waals surface area contributed by atoms with Crippen molar-refractivity contribution in [1.29, 1.82) is 0 Å². The average Bonchev–Trinajstić information content (AvgIpc) is 2.67. The number of methoxy groups -OCH3 is 1. The lowest BCUT2D eigenvalue weighted by Crippen LogP contribution is -2.43. The molecular weight excluding hydrogens is 330 g/mol. The SMILES string of the molecule is COC(=O)CN(C(=O)COC(c1ccccc1)c1ccccc1)C(C)C. The number of carbonyl (C=O) groups excluding carboxylic acids is 2. The zero-order valence-electron chi connectivity index (χ0n) is 15.4. The van der Waals surface area contributed by atoms with Crippen LogP contribution in [0.1, 0.15) is 31.1 Å². The quantitative estimate of drug-likeness (QED) is 0.683. The number of ether oxygens (including phenoxy) is 2. The van der Waals surface area contributed by atoms with Crippen LogP contribution in [0, 0.1) is 0 Å². The molecule has 0 saturated heterocycles. The maximum absolute atomic E-state index is 12.6. The highest BCUT2D eigenvalue weighted by molar-refractivity contribution is 5.83. The summed E-state index contributed by atoms with van der Waals surface area (Å²) in [5.41, 5.74) is 1.94. The van der Waals surface area contributed by atoms with Gasteiger partial charge in [0, 0.05) is 6.04 Å². The van der Waals surface area contributed by atoms with E-state index in [1.54, 1.807) is 0 Å². The van der Waals surface area contributed by atoms with Crippen LogP contribution in [0.4, 0.5) is 0 Å². The number of carbonyl (C=O) groups is 2. The molecule has 2 aromatic rings. The second-order valence-electron chi connectivity index (χ2n) is 6.20. The second-order valence-corrected chi connectivity index (χ2v) is 6.20. The lowest BCUT2D eigenvalue weighted by atomic mass is 10.0. The van der Waals surface area contributed by atoms with E-state index in [1.807, 2.05) is 74.5 Å². The molecule has 0 N–H and O–H groups in total. The zero-order valence-corrected chi connectivity index (χ0v) is 15.4. The summed E-state index contributed by atoms with van der Waals surface area (Å²) < 4.78 is 10.7. The van der Waals surface area contributed by atoms with Gasteiger partial charge in [-0.3, -0.25) is 9.59 Å². The zero-order chi connectivity index (χ0) is 18.9. The van der Waals surface area contributed by atoms with Crippen LogP contribution in [-0.4, -0.2) is 43.1 Å². The number of esters is 1. The first-order valence-corrected chi connectivity index (χ1v) is 8.60. The minimum absolute atomic E-state index is 0.0856. The molecule has 0 aliphatic rings. The number of amides is 1. The molecule has 5 nitrogen and oxygen atoms in total. The first-order chi connectivity index (χ1) is 12.5. The molecule has 0 bridgehead atoms. The maximum atomic E-state index is 12.6. The van der Waals surface area contributed by atoms with E-state index in [4.69, 9.17) is 4.74 Å². The highest BCUT2D eigenvalue weighted by Gasteiger charge is 2.23. The lowest BCUT2D eigenvalue weighted by molar-refractivity contribution is -0.150. The fourth-order valence-electron chi connectivity index (χ4n) is 2.64. The highest BCUT2D eigenvalue weighted by Crippen LogP contribution is 2.25. The molecule has 0 fully saturated rings. The summed E-state index contributed by atoms with van der Waals surface area (Å²) in [6.07, 6.45) is -0.353. The summed E-state index contributed by atoms with van der Waals surface area (Å²) in [4.78, 5) is 25.6. The predicted molar refractivity (Wildman–Crippen MR) is 99.5 cm³/mol. The monoisotopic (exact) mass is 355 g/mol. The highest BCUT2D eigenvalue weighted by atomic mass is 16.5. The van der Waals surface area contributed by atoms with E-state index in [0.29, 0.717) is 0 Å². The summed E-state index contributed by atoms with van der Waals surface area (Å²) in [6.45, 7) is 3.50. The normalized spacial score (nSPS) is 10.8. The molecule has 0 heterocycles. The topological polar surface area (TPSA) is 55.8 Å². The number of nitrogens with zero attached hydrogens (tertiary/aromatic N) is 1. The van der Waals surface area contributed by atoms with Crippen LogP contribution in [0.5, 0.6) is 0 Å². The Bertz CT molecular complexity index is 661. The molecule has 5 heteroatoms. The third-order valence-electron chi connectivity index (χ3n) is 4.05. The fraction of sp³-hybridized carbons (Fsp3) is 0.333. The third-order valence-corrected chi connectivity index (χ3v) is 4.05. The van der Waals surface area contributed by atoms with E-state index in [0.717, 1.165) is 11.1 Å². The number of benzene rings is 2. The molecule has 138 valence electrons. The Kier molecular flexibility index (Phi) is 7.36.